The van der Waals surface area contributed by atoms with Gasteiger partial charge in [0.25, 0.3) is 0 Å². The van der Waals surface area contributed by atoms with Crippen LogP contribution in [0.15, 0.2) is 24.4 Å². The maximum Gasteiger partial charge on any atom is 0.221 e. The lowest BCUT2D eigenvalue weighted by Gasteiger charge is -2.06. The summed E-state index contributed by atoms with van der Waals surface area (Å²) in [4.78, 5) is 11.3. The third kappa shape index (κ3) is 4.33. The fraction of sp³-hybridized carbons (Fsp3) is 0.438. The van der Waals surface area contributed by atoms with Gasteiger partial charge in [0.05, 0.1) is 12.2 Å². The SMILES string of the molecule is CCCn1cc(CC(N)=O)c2cc(CCS(=O)(=O)NC)ccc21. The van der Waals surface area contributed by atoms with Crippen molar-refractivity contribution in [1.29, 1.82) is 0 Å². The number of hydrogen-bond donors (Lipinski definition) is 2. The summed E-state index contributed by atoms with van der Waals surface area (Å²) in [5.41, 5.74) is 8.19. The Morgan fingerprint density at radius 1 is 1.35 bits per heavy atom. The van der Waals surface area contributed by atoms with Crippen LogP contribution in [0, 0.1) is 0 Å². The Bertz CT molecular complexity index is 809. The fourth-order valence-electron chi connectivity index (χ4n) is 2.68. The Hall–Kier alpha value is -1.86. The number of aromatic nitrogens is 1. The number of nitrogens with one attached hydrogen (secondary N) is 1. The fourth-order valence-corrected chi connectivity index (χ4v) is 3.39. The highest BCUT2D eigenvalue weighted by atomic mass is 32.2. The summed E-state index contributed by atoms with van der Waals surface area (Å²) in [6.07, 6.45) is 3.56. The molecule has 2 aromatic rings. The lowest BCUT2D eigenvalue weighted by atomic mass is 10.1. The molecule has 0 saturated heterocycles. The second-order valence-corrected chi connectivity index (χ2v) is 7.66. The van der Waals surface area contributed by atoms with Crippen molar-refractivity contribution >= 4 is 26.8 Å². The normalized spacial score (nSPS) is 11.9. The molecule has 3 N–H and O–H groups in total. The first-order valence-corrected chi connectivity index (χ1v) is 9.31. The van der Waals surface area contributed by atoms with Gasteiger partial charge in [0.2, 0.25) is 15.9 Å². The molecule has 0 radical (unpaired) electrons. The van der Waals surface area contributed by atoms with Gasteiger partial charge >= 0.3 is 0 Å². The van der Waals surface area contributed by atoms with E-state index in [0.29, 0.717) is 6.42 Å². The summed E-state index contributed by atoms with van der Waals surface area (Å²) in [5.74, 6) is -0.334. The van der Waals surface area contributed by atoms with Crippen molar-refractivity contribution in [2.75, 3.05) is 12.8 Å². The van der Waals surface area contributed by atoms with Crippen molar-refractivity contribution in [3.05, 3.63) is 35.5 Å². The minimum atomic E-state index is -3.23. The van der Waals surface area contributed by atoms with Gasteiger partial charge in [-0.05, 0) is 43.1 Å². The number of primary amides is 1. The van der Waals surface area contributed by atoms with E-state index in [0.717, 1.165) is 35.0 Å². The molecule has 0 aliphatic carbocycles. The van der Waals surface area contributed by atoms with Crippen LogP contribution >= 0.6 is 0 Å². The highest BCUT2D eigenvalue weighted by Crippen LogP contribution is 2.24. The molecule has 23 heavy (non-hydrogen) atoms. The highest BCUT2D eigenvalue weighted by molar-refractivity contribution is 7.89. The first-order valence-electron chi connectivity index (χ1n) is 7.66. The minimum Gasteiger partial charge on any atom is -0.369 e. The highest BCUT2D eigenvalue weighted by Gasteiger charge is 2.12. The standard InChI is InChI=1S/C16H23N3O3S/c1-3-7-19-11-13(10-16(17)20)14-9-12(4-5-15(14)19)6-8-23(21,22)18-2/h4-5,9,11,18H,3,6-8,10H2,1-2H3,(H2,17,20). The van der Waals surface area contributed by atoms with E-state index in [9.17, 15) is 13.2 Å². The zero-order valence-corrected chi connectivity index (χ0v) is 14.3. The summed E-state index contributed by atoms with van der Waals surface area (Å²) < 4.78 is 27.5. The Morgan fingerprint density at radius 2 is 2.09 bits per heavy atom. The van der Waals surface area contributed by atoms with Crippen LogP contribution in [0.3, 0.4) is 0 Å². The number of nitrogens with two attached hydrogens (primary N) is 1. The topological polar surface area (TPSA) is 94.2 Å². The summed E-state index contributed by atoms with van der Waals surface area (Å²) in [5, 5.41) is 0.969. The van der Waals surface area contributed by atoms with Gasteiger partial charge in [0.1, 0.15) is 0 Å². The van der Waals surface area contributed by atoms with Crippen LogP contribution in [-0.2, 0) is 34.2 Å². The lowest BCUT2D eigenvalue weighted by Crippen LogP contribution is -2.23. The smallest absolute Gasteiger partial charge is 0.221 e. The molecule has 7 heteroatoms. The van der Waals surface area contributed by atoms with Gasteiger partial charge in [-0.3, -0.25) is 4.79 Å². The van der Waals surface area contributed by atoms with E-state index >= 15 is 0 Å². The van der Waals surface area contributed by atoms with Gasteiger partial charge in [-0.1, -0.05) is 13.0 Å². The number of fused-ring (bicyclic) bond motifs is 1. The number of hydrogen-bond acceptors (Lipinski definition) is 3. The zero-order valence-electron chi connectivity index (χ0n) is 13.5. The average molecular weight is 337 g/mol. The molecular formula is C16H23N3O3S. The Morgan fingerprint density at radius 3 is 2.70 bits per heavy atom. The van der Waals surface area contributed by atoms with E-state index in [1.165, 1.54) is 7.05 Å². The Labute approximate surface area is 136 Å². The van der Waals surface area contributed by atoms with Gasteiger partial charge < -0.3 is 10.3 Å². The number of carbonyl (C=O) groups is 1. The van der Waals surface area contributed by atoms with Crippen molar-refractivity contribution in [2.45, 2.75) is 32.7 Å². The van der Waals surface area contributed by atoms with Crippen LogP contribution in [-0.4, -0.2) is 31.7 Å². The summed E-state index contributed by atoms with van der Waals surface area (Å²) in [6, 6.07) is 5.88. The van der Waals surface area contributed by atoms with Crippen LogP contribution in [0.25, 0.3) is 10.9 Å². The second-order valence-electron chi connectivity index (χ2n) is 5.62. The van der Waals surface area contributed by atoms with Gasteiger partial charge in [-0.15, -0.1) is 0 Å². The van der Waals surface area contributed by atoms with Crippen LogP contribution in [0.2, 0.25) is 0 Å². The second kappa shape index (κ2) is 7.14. The van der Waals surface area contributed by atoms with E-state index in [4.69, 9.17) is 5.73 Å². The molecular weight excluding hydrogens is 314 g/mol. The molecule has 0 spiro atoms. The van der Waals surface area contributed by atoms with Crippen molar-refractivity contribution in [3.8, 4) is 0 Å². The molecule has 0 aliphatic rings. The Balaban J connectivity index is 2.38. The zero-order chi connectivity index (χ0) is 17.0. The molecule has 1 amide bonds. The van der Waals surface area contributed by atoms with E-state index in [1.54, 1.807) is 0 Å². The summed E-state index contributed by atoms with van der Waals surface area (Å²) in [6.45, 7) is 2.96. The minimum absolute atomic E-state index is 0.0375. The number of rotatable bonds is 8. The molecule has 0 bridgehead atoms. The van der Waals surface area contributed by atoms with Gasteiger partial charge in [-0.2, -0.15) is 0 Å². The predicted molar refractivity (Wildman–Crippen MR) is 91.7 cm³/mol. The largest absolute Gasteiger partial charge is 0.369 e. The van der Waals surface area contributed by atoms with Crippen molar-refractivity contribution in [1.82, 2.24) is 9.29 Å². The summed E-state index contributed by atoms with van der Waals surface area (Å²) in [7, 11) is -1.82. The maximum atomic E-state index is 11.6. The number of sulfonamides is 1. The third-order valence-electron chi connectivity index (χ3n) is 3.83. The van der Waals surface area contributed by atoms with Crippen molar-refractivity contribution < 1.29 is 13.2 Å². The average Bonchev–Trinajstić information content (AvgIpc) is 2.82. The quantitative estimate of drug-likeness (QED) is 0.757. The molecule has 126 valence electrons. The van der Waals surface area contributed by atoms with Crippen LogP contribution in [0.5, 0.6) is 0 Å². The van der Waals surface area contributed by atoms with E-state index in [1.807, 2.05) is 24.4 Å². The van der Waals surface area contributed by atoms with Crippen LogP contribution < -0.4 is 10.5 Å². The van der Waals surface area contributed by atoms with Gasteiger partial charge in [0.15, 0.2) is 0 Å². The van der Waals surface area contributed by atoms with Crippen LogP contribution in [0.4, 0.5) is 0 Å². The number of aryl methyl sites for hydroxylation is 2. The van der Waals surface area contributed by atoms with E-state index < -0.39 is 10.0 Å². The number of nitrogens with zero attached hydrogens (tertiary/aromatic N) is 1. The molecule has 2 rings (SSSR count). The van der Waals surface area contributed by atoms with E-state index in [-0.39, 0.29) is 18.1 Å². The van der Waals surface area contributed by atoms with E-state index in [2.05, 4.69) is 16.2 Å². The Kier molecular flexibility index (Phi) is 5.43. The molecule has 6 nitrogen and oxygen atoms in total. The first kappa shape index (κ1) is 17.5. The lowest BCUT2D eigenvalue weighted by molar-refractivity contribution is -0.117. The maximum absolute atomic E-state index is 11.6. The number of amides is 1. The monoisotopic (exact) mass is 337 g/mol. The van der Waals surface area contributed by atoms with Crippen molar-refractivity contribution in [3.63, 3.8) is 0 Å². The molecule has 1 heterocycles. The molecule has 0 saturated carbocycles. The molecule has 1 aromatic carbocycles. The molecule has 0 aliphatic heterocycles. The number of carbonyl (C=O) groups excluding carboxylic acids is 1. The van der Waals surface area contributed by atoms with Gasteiger partial charge in [0, 0.05) is 23.6 Å². The first-order chi connectivity index (χ1) is 10.9. The van der Waals surface area contributed by atoms with Gasteiger partial charge in [-0.25, -0.2) is 13.1 Å². The van der Waals surface area contributed by atoms with Crippen LogP contribution in [0.1, 0.15) is 24.5 Å². The predicted octanol–water partition coefficient (Wildman–Crippen LogP) is 1.17. The number of benzene rings is 1. The molecule has 0 fully saturated rings. The molecule has 0 atom stereocenters. The van der Waals surface area contributed by atoms with Crippen molar-refractivity contribution in [2.24, 2.45) is 5.73 Å². The third-order valence-corrected chi connectivity index (χ3v) is 5.19. The summed E-state index contributed by atoms with van der Waals surface area (Å²) >= 11 is 0. The molecule has 0 unspecified atom stereocenters. The molecule has 1 aromatic heterocycles.